The van der Waals surface area contributed by atoms with Crippen LogP contribution in [0.3, 0.4) is 0 Å². The van der Waals surface area contributed by atoms with E-state index in [-0.39, 0.29) is 0 Å². The topological polar surface area (TPSA) is 60.6 Å². The van der Waals surface area contributed by atoms with Gasteiger partial charge in [-0.3, -0.25) is 4.99 Å². The zero-order valence-electron chi connectivity index (χ0n) is 39.8. The standard InChI is InChI=1S/C54H41N5S.C5H8.C4H8/c1-3-16-38(17-4-2)54(56-35-36-18-8-5-9-19-36)57-53(55)41-28-40(37-20-10-6-11-21-37)29-43(30-41)59-49-31-39-26-27-58(42-22-12-7-13-23-42)48(39)33-46(49)45-32-47-44-24-14-15-25-51(44)60-52(47)34-50(45)59;1-3-5-4-2;1-3-4-2/h3-34H,1,35H2,2H3,(H2,55,56,57);3-5H,1H2,2H3;3-4H,1-2H3/b17-4-,38-16+;5-4-;4-3-. The van der Waals surface area contributed by atoms with Gasteiger partial charge in [0, 0.05) is 65.0 Å². The van der Waals surface area contributed by atoms with Crippen LogP contribution < -0.4 is 5.73 Å². The van der Waals surface area contributed by atoms with E-state index in [1.165, 1.54) is 30.9 Å². The maximum atomic E-state index is 7.12. The minimum atomic E-state index is 0.371. The summed E-state index contributed by atoms with van der Waals surface area (Å²) in [5, 5.41) is 6.08. The van der Waals surface area contributed by atoms with Crippen LogP contribution in [0.15, 0.2) is 253 Å². The van der Waals surface area contributed by atoms with Gasteiger partial charge >= 0.3 is 0 Å². The first-order valence-electron chi connectivity index (χ1n) is 23.3. The van der Waals surface area contributed by atoms with Crippen molar-refractivity contribution in [2.75, 3.05) is 0 Å². The summed E-state index contributed by atoms with van der Waals surface area (Å²) in [6.07, 6.45) is 19.4. The van der Waals surface area contributed by atoms with Gasteiger partial charge in [-0.25, -0.2) is 4.99 Å². The van der Waals surface area contributed by atoms with Crippen molar-refractivity contribution in [2.24, 2.45) is 15.7 Å². The zero-order valence-corrected chi connectivity index (χ0v) is 40.6. The monoisotopic (exact) mass is 915 g/mol. The quantitative estimate of drug-likeness (QED) is 0.0632. The third-order valence-corrected chi connectivity index (χ3v) is 12.9. The Balaban J connectivity index is 0.000000657. The number of rotatable bonds is 10. The first-order chi connectivity index (χ1) is 33.9. The second-order valence-electron chi connectivity index (χ2n) is 16.3. The van der Waals surface area contributed by atoms with E-state index in [1.807, 2.05) is 106 Å². The third-order valence-electron chi connectivity index (χ3n) is 11.7. The van der Waals surface area contributed by atoms with E-state index < -0.39 is 0 Å². The molecule has 10 rings (SSSR count). The lowest BCUT2D eigenvalue weighted by Gasteiger charge is -2.14. The highest BCUT2D eigenvalue weighted by Gasteiger charge is 2.20. The van der Waals surface area contributed by atoms with Crippen molar-refractivity contribution in [2.45, 2.75) is 34.2 Å². The average molecular weight is 916 g/mol. The molecule has 69 heavy (non-hydrogen) atoms. The van der Waals surface area contributed by atoms with Crippen molar-refractivity contribution in [1.82, 2.24) is 9.13 Å². The largest absolute Gasteiger partial charge is 0.383 e. The lowest BCUT2D eigenvalue weighted by molar-refractivity contribution is 1.06. The van der Waals surface area contributed by atoms with E-state index in [0.29, 0.717) is 18.2 Å². The number of fused-ring (bicyclic) bond motifs is 7. The summed E-state index contributed by atoms with van der Waals surface area (Å²) in [6.45, 7) is 15.8. The maximum Gasteiger partial charge on any atom is 0.157 e. The van der Waals surface area contributed by atoms with Gasteiger partial charge in [0.15, 0.2) is 5.84 Å². The molecule has 0 radical (unpaired) electrons. The molecule has 0 saturated heterocycles. The smallest absolute Gasteiger partial charge is 0.157 e. The number of hydrogen-bond acceptors (Lipinski definition) is 2. The number of thiophene rings is 1. The molecule has 5 nitrogen and oxygen atoms in total. The van der Waals surface area contributed by atoms with Gasteiger partial charge in [-0.1, -0.05) is 165 Å². The second-order valence-corrected chi connectivity index (χ2v) is 17.4. The Bertz CT molecular complexity index is 3590. The fourth-order valence-electron chi connectivity index (χ4n) is 8.41. The van der Waals surface area contributed by atoms with Gasteiger partial charge in [0.25, 0.3) is 0 Å². The van der Waals surface area contributed by atoms with Gasteiger partial charge in [0.2, 0.25) is 0 Å². The lowest BCUT2D eigenvalue weighted by Crippen LogP contribution is -2.17. The van der Waals surface area contributed by atoms with Crippen molar-refractivity contribution in [3.63, 3.8) is 0 Å². The minimum absolute atomic E-state index is 0.371. The number of aromatic nitrogens is 2. The molecule has 3 heterocycles. The summed E-state index contributed by atoms with van der Waals surface area (Å²) in [5.41, 5.74) is 17.5. The van der Waals surface area contributed by atoms with Crippen LogP contribution in [0.5, 0.6) is 0 Å². The molecule has 0 saturated carbocycles. The highest BCUT2D eigenvalue weighted by Crippen LogP contribution is 2.42. The fraction of sp³-hybridized carbons (Fsp3) is 0.0794. The lowest BCUT2D eigenvalue weighted by atomic mass is 10.0. The first kappa shape index (κ1) is 47.2. The molecular weight excluding hydrogens is 859 g/mol. The molecule has 0 amide bonds. The average Bonchev–Trinajstić information content (AvgIpc) is 4.08. The molecule has 340 valence electrons. The SMILES string of the molecule is C/C=C\C.C=C/C=C(\C=C/C)C(=NCc1ccccc1)N=C(N)c1cc(-c2ccccc2)cc(-n2c3cc4ccn(-c5ccccc5)c4cc3c3cc4c(cc32)sc2ccccc24)c1.C=C/C=C\C. The summed E-state index contributed by atoms with van der Waals surface area (Å²) < 4.78 is 7.21. The van der Waals surface area contributed by atoms with Gasteiger partial charge in [0.1, 0.15) is 5.84 Å². The molecular formula is C63H57N5S. The Morgan fingerprint density at radius 2 is 1.26 bits per heavy atom. The number of benzene rings is 7. The van der Waals surface area contributed by atoms with Gasteiger partial charge in [-0.05, 0) is 111 Å². The second kappa shape index (κ2) is 22.4. The number of aliphatic imine (C=N–C) groups is 2. The van der Waals surface area contributed by atoms with E-state index in [1.54, 1.807) is 12.2 Å². The van der Waals surface area contributed by atoms with Gasteiger partial charge in [-0.15, -0.1) is 11.3 Å². The molecule has 2 N–H and O–H groups in total. The zero-order chi connectivity index (χ0) is 48.1. The van der Waals surface area contributed by atoms with Crippen molar-refractivity contribution >= 4 is 75.9 Å². The predicted octanol–water partition coefficient (Wildman–Crippen LogP) is 17.1. The summed E-state index contributed by atoms with van der Waals surface area (Å²) in [6, 6.07) is 58.2. The number of para-hydroxylation sites is 1. The summed E-state index contributed by atoms with van der Waals surface area (Å²) in [7, 11) is 0. The Kier molecular flexibility index (Phi) is 15.3. The van der Waals surface area contributed by atoms with Gasteiger partial charge in [-0.2, -0.15) is 0 Å². The Morgan fingerprint density at radius 1 is 0.580 bits per heavy atom. The van der Waals surface area contributed by atoms with E-state index in [9.17, 15) is 0 Å². The number of allylic oxidation sites excluding steroid dienone is 8. The summed E-state index contributed by atoms with van der Waals surface area (Å²) >= 11 is 1.84. The number of hydrogen-bond donors (Lipinski definition) is 1. The van der Waals surface area contributed by atoms with Crippen molar-refractivity contribution < 1.29 is 0 Å². The maximum absolute atomic E-state index is 7.12. The van der Waals surface area contributed by atoms with Crippen LogP contribution in [0.25, 0.3) is 75.4 Å². The van der Waals surface area contributed by atoms with Gasteiger partial charge < -0.3 is 14.9 Å². The molecule has 0 unspecified atom stereocenters. The van der Waals surface area contributed by atoms with Crippen molar-refractivity contribution in [3.8, 4) is 22.5 Å². The third kappa shape index (κ3) is 10.5. The summed E-state index contributed by atoms with van der Waals surface area (Å²) in [5.74, 6) is 0.908. The van der Waals surface area contributed by atoms with E-state index >= 15 is 0 Å². The van der Waals surface area contributed by atoms with E-state index in [2.05, 4.69) is 168 Å². The van der Waals surface area contributed by atoms with Crippen LogP contribution in [0, 0.1) is 0 Å². The molecule has 6 heteroatoms. The van der Waals surface area contributed by atoms with Gasteiger partial charge in [0.05, 0.1) is 23.1 Å². The predicted molar refractivity (Wildman–Crippen MR) is 303 cm³/mol. The summed E-state index contributed by atoms with van der Waals surface area (Å²) in [4.78, 5) is 10.1. The van der Waals surface area contributed by atoms with Crippen LogP contribution in [0.4, 0.5) is 0 Å². The molecule has 0 aliphatic rings. The minimum Gasteiger partial charge on any atom is -0.383 e. The molecule has 0 fully saturated rings. The first-order valence-corrected chi connectivity index (χ1v) is 24.1. The Hall–Kier alpha value is -8.32. The Morgan fingerprint density at radius 3 is 1.94 bits per heavy atom. The van der Waals surface area contributed by atoms with Crippen LogP contribution in [0.2, 0.25) is 0 Å². The van der Waals surface area contributed by atoms with Crippen LogP contribution in [-0.4, -0.2) is 20.8 Å². The number of nitrogens with two attached hydrogens (primary N) is 1. The van der Waals surface area contributed by atoms with Crippen LogP contribution in [-0.2, 0) is 6.54 Å². The molecule has 0 spiro atoms. The van der Waals surface area contributed by atoms with E-state index in [4.69, 9.17) is 15.7 Å². The Labute approximate surface area is 409 Å². The van der Waals surface area contributed by atoms with Crippen molar-refractivity contribution in [3.05, 3.63) is 255 Å². The normalized spacial score (nSPS) is 12.4. The number of nitrogens with zero attached hydrogens (tertiary/aromatic N) is 4. The molecule has 3 aromatic heterocycles. The molecule has 10 aromatic rings. The number of amidine groups is 2. The fourth-order valence-corrected chi connectivity index (χ4v) is 9.53. The molecule has 0 aliphatic heterocycles. The molecule has 0 bridgehead atoms. The van der Waals surface area contributed by atoms with Crippen LogP contribution >= 0.6 is 11.3 Å². The highest BCUT2D eigenvalue weighted by molar-refractivity contribution is 7.25. The van der Waals surface area contributed by atoms with E-state index in [0.717, 1.165) is 61.1 Å². The van der Waals surface area contributed by atoms with Crippen molar-refractivity contribution in [1.29, 1.82) is 0 Å². The molecule has 0 aliphatic carbocycles. The molecule has 7 aromatic carbocycles. The highest BCUT2D eigenvalue weighted by atomic mass is 32.1. The molecule has 0 atom stereocenters. The van der Waals surface area contributed by atoms with Crippen LogP contribution in [0.1, 0.15) is 38.8 Å².